The fraction of sp³-hybridized carbons (Fsp3) is 0.300. The van der Waals surface area contributed by atoms with Crippen LogP contribution in [0.1, 0.15) is 0 Å². The Labute approximate surface area is 100 Å². The number of anilines is 1. The third kappa shape index (κ3) is 3.26. The summed E-state index contributed by atoms with van der Waals surface area (Å²) in [6.45, 7) is -0.113. The number of sulfonamides is 1. The van der Waals surface area contributed by atoms with Crippen LogP contribution in [0.3, 0.4) is 0 Å². The second kappa shape index (κ2) is 5.26. The molecule has 0 saturated carbocycles. The molecule has 1 aromatic rings. The lowest BCUT2D eigenvalue weighted by Gasteiger charge is -2.11. The molecule has 0 aliphatic rings. The number of amides is 1. The van der Waals surface area contributed by atoms with Crippen molar-refractivity contribution in [3.63, 3.8) is 0 Å². The highest BCUT2D eigenvalue weighted by Gasteiger charge is 2.16. The summed E-state index contributed by atoms with van der Waals surface area (Å²) in [6, 6.07) is 5.90. The van der Waals surface area contributed by atoms with Crippen LogP contribution in [0.4, 0.5) is 5.69 Å². The zero-order valence-electron chi connectivity index (χ0n) is 9.67. The third-order valence-corrected chi connectivity index (χ3v) is 3.93. The number of carbonyl (C=O) groups is 1. The number of carbonyl (C=O) groups excluding carboxylic acids is 1. The van der Waals surface area contributed by atoms with Crippen molar-refractivity contribution in [1.82, 2.24) is 4.31 Å². The highest BCUT2D eigenvalue weighted by molar-refractivity contribution is 7.89. The van der Waals surface area contributed by atoms with Gasteiger partial charge < -0.3 is 11.1 Å². The van der Waals surface area contributed by atoms with Crippen LogP contribution in [-0.2, 0) is 14.8 Å². The van der Waals surface area contributed by atoms with E-state index >= 15 is 0 Å². The molecule has 0 atom stereocenters. The van der Waals surface area contributed by atoms with Crippen molar-refractivity contribution in [3.8, 4) is 0 Å². The number of nitrogens with one attached hydrogen (secondary N) is 1. The van der Waals surface area contributed by atoms with Gasteiger partial charge in [0.05, 0.1) is 11.4 Å². The Kier molecular flexibility index (Phi) is 4.22. The minimum Gasteiger partial charge on any atom is -0.325 e. The van der Waals surface area contributed by atoms with Crippen LogP contribution in [0.25, 0.3) is 0 Å². The molecule has 0 bridgehead atoms. The number of nitrogens with zero attached hydrogens (tertiary/aromatic N) is 1. The second-order valence-electron chi connectivity index (χ2n) is 3.56. The van der Waals surface area contributed by atoms with Gasteiger partial charge in [0.1, 0.15) is 0 Å². The first-order chi connectivity index (χ1) is 7.87. The van der Waals surface area contributed by atoms with E-state index in [0.29, 0.717) is 5.69 Å². The summed E-state index contributed by atoms with van der Waals surface area (Å²) in [5, 5.41) is 2.53. The average molecular weight is 257 g/mol. The van der Waals surface area contributed by atoms with E-state index in [0.717, 1.165) is 4.31 Å². The van der Waals surface area contributed by atoms with Crippen molar-refractivity contribution in [3.05, 3.63) is 24.3 Å². The molecule has 0 aromatic heterocycles. The van der Waals surface area contributed by atoms with E-state index in [2.05, 4.69) is 5.32 Å². The Morgan fingerprint density at radius 2 is 1.82 bits per heavy atom. The SMILES string of the molecule is CN(C)S(=O)(=O)c1ccc(NC(=O)CN)cc1. The van der Waals surface area contributed by atoms with Crippen LogP contribution >= 0.6 is 0 Å². The Balaban J connectivity index is 2.93. The highest BCUT2D eigenvalue weighted by atomic mass is 32.2. The molecular formula is C10H15N3O3S. The van der Waals surface area contributed by atoms with Gasteiger partial charge in [0.15, 0.2) is 0 Å². The van der Waals surface area contributed by atoms with Crippen LogP contribution < -0.4 is 11.1 Å². The Bertz CT molecular complexity index is 494. The van der Waals surface area contributed by atoms with E-state index in [9.17, 15) is 13.2 Å². The molecule has 94 valence electrons. The van der Waals surface area contributed by atoms with Gasteiger partial charge in [-0.1, -0.05) is 0 Å². The number of nitrogens with two attached hydrogens (primary N) is 1. The Morgan fingerprint density at radius 3 is 2.24 bits per heavy atom. The van der Waals surface area contributed by atoms with Gasteiger partial charge in [-0.15, -0.1) is 0 Å². The van der Waals surface area contributed by atoms with Crippen LogP contribution in [-0.4, -0.2) is 39.3 Å². The van der Waals surface area contributed by atoms with Gasteiger partial charge in [-0.05, 0) is 24.3 Å². The van der Waals surface area contributed by atoms with Gasteiger partial charge in [0.2, 0.25) is 15.9 Å². The van der Waals surface area contributed by atoms with Crippen molar-refractivity contribution in [2.75, 3.05) is 26.0 Å². The number of benzene rings is 1. The minimum atomic E-state index is -3.43. The predicted molar refractivity (Wildman–Crippen MR) is 65.0 cm³/mol. The van der Waals surface area contributed by atoms with Crippen molar-refractivity contribution < 1.29 is 13.2 Å². The summed E-state index contributed by atoms with van der Waals surface area (Å²) in [5.74, 6) is -0.326. The normalized spacial score (nSPS) is 11.5. The molecule has 0 aliphatic heterocycles. The van der Waals surface area contributed by atoms with Gasteiger partial charge >= 0.3 is 0 Å². The first-order valence-corrected chi connectivity index (χ1v) is 6.34. The predicted octanol–water partition coefficient (Wildman–Crippen LogP) is -0.166. The molecule has 1 aromatic carbocycles. The summed E-state index contributed by atoms with van der Waals surface area (Å²) in [6.07, 6.45) is 0. The van der Waals surface area contributed by atoms with Crippen LogP contribution in [0.2, 0.25) is 0 Å². The lowest BCUT2D eigenvalue weighted by atomic mass is 10.3. The molecule has 0 radical (unpaired) electrons. The summed E-state index contributed by atoms with van der Waals surface area (Å²) in [4.78, 5) is 11.2. The maximum atomic E-state index is 11.7. The Morgan fingerprint density at radius 1 is 1.29 bits per heavy atom. The van der Waals surface area contributed by atoms with Crippen molar-refractivity contribution in [2.24, 2.45) is 5.73 Å². The van der Waals surface area contributed by atoms with Crippen molar-refractivity contribution >= 4 is 21.6 Å². The van der Waals surface area contributed by atoms with Crippen molar-refractivity contribution in [2.45, 2.75) is 4.90 Å². The molecule has 0 heterocycles. The molecule has 0 unspecified atom stereocenters. The van der Waals surface area contributed by atoms with Crippen LogP contribution in [0.5, 0.6) is 0 Å². The lowest BCUT2D eigenvalue weighted by molar-refractivity contribution is -0.114. The number of rotatable bonds is 4. The smallest absolute Gasteiger partial charge is 0.242 e. The summed E-state index contributed by atoms with van der Waals surface area (Å²) < 4.78 is 24.6. The van der Waals surface area contributed by atoms with Gasteiger partial charge in [-0.3, -0.25) is 4.79 Å². The fourth-order valence-corrected chi connectivity index (χ4v) is 2.03. The van der Waals surface area contributed by atoms with Gasteiger partial charge in [0.25, 0.3) is 0 Å². The fourth-order valence-electron chi connectivity index (χ4n) is 1.13. The van der Waals surface area contributed by atoms with Gasteiger partial charge in [-0.25, -0.2) is 12.7 Å². The first kappa shape index (κ1) is 13.6. The molecule has 0 spiro atoms. The maximum Gasteiger partial charge on any atom is 0.242 e. The zero-order valence-corrected chi connectivity index (χ0v) is 10.5. The first-order valence-electron chi connectivity index (χ1n) is 4.90. The maximum absolute atomic E-state index is 11.7. The molecule has 1 rings (SSSR count). The molecule has 7 heteroatoms. The van der Waals surface area contributed by atoms with E-state index < -0.39 is 10.0 Å². The van der Waals surface area contributed by atoms with E-state index in [1.54, 1.807) is 0 Å². The molecule has 6 nitrogen and oxygen atoms in total. The van der Waals surface area contributed by atoms with Crippen molar-refractivity contribution in [1.29, 1.82) is 0 Å². The molecule has 0 saturated heterocycles. The average Bonchev–Trinajstić information content (AvgIpc) is 2.29. The topological polar surface area (TPSA) is 92.5 Å². The summed E-state index contributed by atoms with van der Waals surface area (Å²) in [5.41, 5.74) is 5.66. The van der Waals surface area contributed by atoms with E-state index in [4.69, 9.17) is 5.73 Å². The molecule has 17 heavy (non-hydrogen) atoms. The highest BCUT2D eigenvalue weighted by Crippen LogP contribution is 2.16. The molecular weight excluding hydrogens is 242 g/mol. The molecule has 0 fully saturated rings. The number of hydrogen-bond donors (Lipinski definition) is 2. The summed E-state index contributed by atoms with van der Waals surface area (Å²) in [7, 11) is -0.516. The number of hydrogen-bond acceptors (Lipinski definition) is 4. The molecule has 3 N–H and O–H groups in total. The third-order valence-electron chi connectivity index (χ3n) is 2.10. The monoisotopic (exact) mass is 257 g/mol. The lowest BCUT2D eigenvalue weighted by Crippen LogP contribution is -2.23. The summed E-state index contributed by atoms with van der Waals surface area (Å²) >= 11 is 0. The van der Waals surface area contributed by atoms with E-state index in [1.807, 2.05) is 0 Å². The zero-order chi connectivity index (χ0) is 13.1. The van der Waals surface area contributed by atoms with Gasteiger partial charge in [-0.2, -0.15) is 0 Å². The van der Waals surface area contributed by atoms with Crippen LogP contribution in [0.15, 0.2) is 29.2 Å². The van der Waals surface area contributed by atoms with Crippen LogP contribution in [0, 0.1) is 0 Å². The Hall–Kier alpha value is -1.44. The van der Waals surface area contributed by atoms with Gasteiger partial charge in [0, 0.05) is 19.8 Å². The van der Waals surface area contributed by atoms with E-state index in [1.165, 1.54) is 38.4 Å². The second-order valence-corrected chi connectivity index (χ2v) is 5.72. The largest absolute Gasteiger partial charge is 0.325 e. The molecule has 0 aliphatic carbocycles. The molecule has 1 amide bonds. The minimum absolute atomic E-state index is 0.113. The standard InChI is InChI=1S/C10H15N3O3S/c1-13(2)17(15,16)9-5-3-8(4-6-9)12-10(14)7-11/h3-6H,7,11H2,1-2H3,(H,12,14). The quantitative estimate of drug-likeness (QED) is 0.783. The van der Waals surface area contributed by atoms with E-state index in [-0.39, 0.29) is 17.3 Å².